The number of aryl methyl sites for hydroxylation is 1. The zero-order chi connectivity index (χ0) is 16.4. The maximum atomic E-state index is 12.0. The molecule has 0 saturated heterocycles. The van der Waals surface area contributed by atoms with Gasteiger partial charge in [0, 0.05) is 28.5 Å². The molecule has 0 radical (unpaired) electrons. The average Bonchev–Trinajstić information content (AvgIpc) is 2.85. The van der Waals surface area contributed by atoms with E-state index in [1.165, 1.54) is 6.08 Å². The Morgan fingerprint density at radius 2 is 2.04 bits per heavy atom. The van der Waals surface area contributed by atoms with Crippen LogP contribution in [0, 0.1) is 6.92 Å². The summed E-state index contributed by atoms with van der Waals surface area (Å²) in [5.74, 6) is -0.243. The molecule has 0 aliphatic carbocycles. The molecule has 3 rings (SSSR count). The highest BCUT2D eigenvalue weighted by atomic mass is 35.5. The summed E-state index contributed by atoms with van der Waals surface area (Å²) in [4.78, 5) is 16.4. The molecule has 0 aliphatic heterocycles. The summed E-state index contributed by atoms with van der Waals surface area (Å²) < 4.78 is 1.87. The smallest absolute Gasteiger partial charge is 0.248 e. The van der Waals surface area contributed by atoms with E-state index in [9.17, 15) is 4.79 Å². The zero-order valence-corrected chi connectivity index (χ0v) is 13.8. The van der Waals surface area contributed by atoms with E-state index in [4.69, 9.17) is 23.2 Å². The molecular weight excluding hydrogens is 333 g/mol. The van der Waals surface area contributed by atoms with E-state index in [0.717, 1.165) is 16.9 Å². The predicted molar refractivity (Wildman–Crippen MR) is 94.1 cm³/mol. The fourth-order valence-corrected chi connectivity index (χ4v) is 2.65. The van der Waals surface area contributed by atoms with Crippen molar-refractivity contribution in [3.63, 3.8) is 0 Å². The number of hydrogen-bond donors (Lipinski definition) is 1. The fraction of sp³-hybridized carbons (Fsp3) is 0.0588. The number of carbonyl (C=O) groups excluding carboxylic acids is 1. The third kappa shape index (κ3) is 3.73. The molecule has 0 spiro atoms. The first-order chi connectivity index (χ1) is 11.0. The van der Waals surface area contributed by atoms with Crippen LogP contribution >= 0.6 is 23.2 Å². The molecule has 1 aromatic carbocycles. The fourth-order valence-electron chi connectivity index (χ4n) is 2.18. The minimum absolute atomic E-state index is 0.243. The number of amides is 1. The molecule has 23 heavy (non-hydrogen) atoms. The van der Waals surface area contributed by atoms with E-state index in [0.29, 0.717) is 15.7 Å². The summed E-state index contributed by atoms with van der Waals surface area (Å²) in [5, 5.41) is 3.85. The highest BCUT2D eigenvalue weighted by Gasteiger charge is 2.03. The lowest BCUT2D eigenvalue weighted by Gasteiger charge is -2.03. The number of halogens is 2. The van der Waals surface area contributed by atoms with Gasteiger partial charge in [0.15, 0.2) is 0 Å². The number of hydrogen-bond acceptors (Lipinski definition) is 2. The zero-order valence-electron chi connectivity index (χ0n) is 12.3. The number of anilines is 1. The first-order valence-corrected chi connectivity index (χ1v) is 7.66. The number of carbonyl (C=O) groups is 1. The summed E-state index contributed by atoms with van der Waals surface area (Å²) in [6.07, 6.45) is 6.79. The molecule has 116 valence electrons. The summed E-state index contributed by atoms with van der Waals surface area (Å²) in [6.45, 7) is 1.92. The first-order valence-electron chi connectivity index (χ1n) is 6.91. The molecule has 0 saturated carbocycles. The highest BCUT2D eigenvalue weighted by molar-refractivity contribution is 6.35. The van der Waals surface area contributed by atoms with Crippen molar-refractivity contribution in [1.82, 2.24) is 9.38 Å². The summed E-state index contributed by atoms with van der Waals surface area (Å²) in [5.41, 5.74) is 3.17. The highest BCUT2D eigenvalue weighted by Crippen LogP contribution is 2.22. The molecule has 3 aromatic rings. The van der Waals surface area contributed by atoms with Gasteiger partial charge in [-0.25, -0.2) is 4.98 Å². The number of benzene rings is 1. The number of imidazole rings is 1. The number of pyridine rings is 1. The standard InChI is InChI=1S/C17H13Cl2N3O/c1-11-9-22-10-14(5-6-16(22)20-11)21-17(23)7-3-12-2-4-13(18)8-15(12)19/h2-10H,1H3,(H,21,23)/b7-3+. The Bertz CT molecular complexity index is 915. The second-order valence-corrected chi connectivity index (χ2v) is 5.90. The molecule has 0 unspecified atom stereocenters. The Kier molecular flexibility index (Phi) is 4.37. The summed E-state index contributed by atoms with van der Waals surface area (Å²) >= 11 is 11.9. The molecule has 4 nitrogen and oxygen atoms in total. The van der Waals surface area contributed by atoms with Gasteiger partial charge in [-0.3, -0.25) is 4.79 Å². The van der Waals surface area contributed by atoms with Gasteiger partial charge in [-0.15, -0.1) is 0 Å². The van der Waals surface area contributed by atoms with Crippen LogP contribution in [0.25, 0.3) is 11.7 Å². The van der Waals surface area contributed by atoms with Crippen LogP contribution < -0.4 is 5.32 Å². The predicted octanol–water partition coefficient (Wildman–Crippen LogP) is 4.60. The summed E-state index contributed by atoms with van der Waals surface area (Å²) in [6, 6.07) is 8.77. The molecule has 2 aromatic heterocycles. The van der Waals surface area contributed by atoms with Crippen molar-refractivity contribution >= 4 is 46.5 Å². The summed E-state index contributed by atoms with van der Waals surface area (Å²) in [7, 11) is 0. The van der Waals surface area contributed by atoms with Crippen LogP contribution in [0.1, 0.15) is 11.3 Å². The molecule has 0 atom stereocenters. The van der Waals surface area contributed by atoms with E-state index in [1.54, 1.807) is 24.3 Å². The molecule has 0 aliphatic rings. The minimum Gasteiger partial charge on any atom is -0.321 e. The molecule has 6 heteroatoms. The third-order valence-electron chi connectivity index (χ3n) is 3.22. The average molecular weight is 346 g/mol. The molecule has 1 N–H and O–H groups in total. The Balaban J connectivity index is 1.73. The van der Waals surface area contributed by atoms with Gasteiger partial charge in [0.05, 0.1) is 11.4 Å². The number of fused-ring (bicyclic) bond motifs is 1. The molecule has 0 bridgehead atoms. The molecule has 1 amide bonds. The second kappa shape index (κ2) is 6.44. The Morgan fingerprint density at radius 3 is 2.83 bits per heavy atom. The Hall–Kier alpha value is -2.30. The van der Waals surface area contributed by atoms with Crippen LogP contribution in [-0.2, 0) is 4.79 Å². The SMILES string of the molecule is Cc1cn2cc(NC(=O)/C=C/c3ccc(Cl)cc3Cl)ccc2n1. The first kappa shape index (κ1) is 15.6. The van der Waals surface area contributed by atoms with Gasteiger partial charge in [-0.2, -0.15) is 0 Å². The third-order valence-corrected chi connectivity index (χ3v) is 3.78. The van der Waals surface area contributed by atoms with Crippen molar-refractivity contribution in [2.45, 2.75) is 6.92 Å². The quantitative estimate of drug-likeness (QED) is 0.705. The van der Waals surface area contributed by atoms with Gasteiger partial charge >= 0.3 is 0 Å². The second-order valence-electron chi connectivity index (χ2n) is 5.05. The van der Waals surface area contributed by atoms with Crippen LogP contribution in [0.15, 0.2) is 48.8 Å². The van der Waals surface area contributed by atoms with Gasteiger partial charge < -0.3 is 9.72 Å². The van der Waals surface area contributed by atoms with E-state index in [2.05, 4.69) is 10.3 Å². The van der Waals surface area contributed by atoms with Gasteiger partial charge in [0.2, 0.25) is 5.91 Å². The number of rotatable bonds is 3. The van der Waals surface area contributed by atoms with Gasteiger partial charge in [0.25, 0.3) is 0 Å². The topological polar surface area (TPSA) is 46.4 Å². The van der Waals surface area contributed by atoms with E-state index in [-0.39, 0.29) is 5.91 Å². The van der Waals surface area contributed by atoms with E-state index < -0.39 is 0 Å². The lowest BCUT2D eigenvalue weighted by Crippen LogP contribution is -2.08. The van der Waals surface area contributed by atoms with Crippen molar-refractivity contribution in [3.8, 4) is 0 Å². The van der Waals surface area contributed by atoms with Crippen molar-refractivity contribution in [3.05, 3.63) is 70.1 Å². The maximum absolute atomic E-state index is 12.0. The van der Waals surface area contributed by atoms with Crippen LogP contribution in [-0.4, -0.2) is 15.3 Å². The largest absolute Gasteiger partial charge is 0.321 e. The minimum atomic E-state index is -0.243. The molecule has 2 heterocycles. The van der Waals surface area contributed by atoms with Crippen LogP contribution in [0.4, 0.5) is 5.69 Å². The monoisotopic (exact) mass is 345 g/mol. The van der Waals surface area contributed by atoms with Crippen LogP contribution in [0.3, 0.4) is 0 Å². The lowest BCUT2D eigenvalue weighted by molar-refractivity contribution is -0.111. The number of nitrogens with zero attached hydrogens (tertiary/aromatic N) is 2. The van der Waals surface area contributed by atoms with Crippen molar-refractivity contribution in [2.24, 2.45) is 0 Å². The van der Waals surface area contributed by atoms with Gasteiger partial charge in [-0.1, -0.05) is 29.3 Å². The van der Waals surface area contributed by atoms with Crippen molar-refractivity contribution in [2.75, 3.05) is 5.32 Å². The van der Waals surface area contributed by atoms with Crippen LogP contribution in [0.2, 0.25) is 10.0 Å². The maximum Gasteiger partial charge on any atom is 0.248 e. The molecule has 0 fully saturated rings. The Labute approximate surface area is 143 Å². The number of aromatic nitrogens is 2. The van der Waals surface area contributed by atoms with Crippen molar-refractivity contribution in [1.29, 1.82) is 0 Å². The van der Waals surface area contributed by atoms with Gasteiger partial charge in [0.1, 0.15) is 5.65 Å². The molecular formula is C17H13Cl2N3O. The van der Waals surface area contributed by atoms with Gasteiger partial charge in [-0.05, 0) is 42.8 Å². The Morgan fingerprint density at radius 1 is 1.22 bits per heavy atom. The van der Waals surface area contributed by atoms with Crippen molar-refractivity contribution < 1.29 is 4.79 Å². The number of nitrogens with one attached hydrogen (secondary N) is 1. The lowest BCUT2D eigenvalue weighted by atomic mass is 10.2. The van der Waals surface area contributed by atoms with E-state index in [1.807, 2.05) is 35.9 Å². The normalized spacial score (nSPS) is 11.3. The van der Waals surface area contributed by atoms with Crippen LogP contribution in [0.5, 0.6) is 0 Å². The van der Waals surface area contributed by atoms with E-state index >= 15 is 0 Å².